The summed E-state index contributed by atoms with van der Waals surface area (Å²) in [5, 5.41) is 9.10. The Morgan fingerprint density at radius 3 is 2.30 bits per heavy atom. The first-order valence-electron chi connectivity index (χ1n) is 6.32. The zero-order valence-corrected chi connectivity index (χ0v) is 12.9. The van der Waals surface area contributed by atoms with E-state index < -0.39 is 39.9 Å². The summed E-state index contributed by atoms with van der Waals surface area (Å²) in [6.07, 6.45) is -1.79. The molecule has 0 fully saturated rings. The summed E-state index contributed by atoms with van der Waals surface area (Å²) in [6, 6.07) is 5.69. The molecular formula is C14H21F2NO2S. The van der Waals surface area contributed by atoms with Gasteiger partial charge in [0.25, 0.3) is 0 Å². The number of alkyl halides is 1. The highest BCUT2D eigenvalue weighted by atomic mass is 32.2. The second-order valence-electron chi connectivity index (χ2n) is 5.82. The van der Waals surface area contributed by atoms with Gasteiger partial charge in [0.2, 0.25) is 0 Å². The van der Waals surface area contributed by atoms with E-state index in [4.69, 9.17) is 5.11 Å². The summed E-state index contributed by atoms with van der Waals surface area (Å²) in [5.74, 6) is -0.607. The maximum Gasteiger partial charge on any atom is 0.146 e. The first-order valence-corrected chi connectivity index (χ1v) is 7.47. The van der Waals surface area contributed by atoms with Crippen molar-refractivity contribution in [2.45, 2.75) is 44.2 Å². The average Bonchev–Trinajstić information content (AvgIpc) is 2.36. The van der Waals surface area contributed by atoms with Gasteiger partial charge in [-0.25, -0.2) is 17.7 Å². The van der Waals surface area contributed by atoms with E-state index in [0.717, 1.165) is 0 Å². The molecule has 3 nitrogen and oxygen atoms in total. The third-order valence-electron chi connectivity index (χ3n) is 3.08. The van der Waals surface area contributed by atoms with Crippen molar-refractivity contribution in [2.75, 3.05) is 6.61 Å². The van der Waals surface area contributed by atoms with Gasteiger partial charge in [-0.2, -0.15) is 0 Å². The fourth-order valence-electron chi connectivity index (χ4n) is 1.70. The number of hydrogen-bond donors (Lipinski definition) is 2. The van der Waals surface area contributed by atoms with Crippen LogP contribution in [0.5, 0.6) is 0 Å². The fraction of sp³-hybridized carbons (Fsp3) is 0.571. The Hall–Kier alpha value is -0.850. The van der Waals surface area contributed by atoms with Crippen LogP contribution in [0.4, 0.5) is 8.78 Å². The van der Waals surface area contributed by atoms with Gasteiger partial charge in [0.05, 0.1) is 27.9 Å². The van der Waals surface area contributed by atoms with Gasteiger partial charge in [-0.1, -0.05) is 18.2 Å². The summed E-state index contributed by atoms with van der Waals surface area (Å²) in [5.41, 5.74) is -1.53. The summed E-state index contributed by atoms with van der Waals surface area (Å²) >= 11 is 0. The summed E-state index contributed by atoms with van der Waals surface area (Å²) in [7, 11) is -1.61. The molecule has 0 aliphatic heterocycles. The molecule has 0 saturated carbocycles. The number of rotatable bonds is 5. The molecule has 1 unspecified atom stereocenters. The molecule has 0 bridgehead atoms. The molecule has 2 N–H and O–H groups in total. The lowest BCUT2D eigenvalue weighted by Gasteiger charge is -2.35. The van der Waals surface area contributed by atoms with Crippen LogP contribution in [0.2, 0.25) is 0 Å². The first-order chi connectivity index (χ1) is 9.13. The summed E-state index contributed by atoms with van der Waals surface area (Å²) < 4.78 is 42.3. The fourth-order valence-corrected chi connectivity index (χ4v) is 2.63. The molecule has 20 heavy (non-hydrogen) atoms. The van der Waals surface area contributed by atoms with Gasteiger partial charge in [0, 0.05) is 5.56 Å². The van der Waals surface area contributed by atoms with Gasteiger partial charge < -0.3 is 5.11 Å². The lowest BCUT2D eigenvalue weighted by molar-refractivity contribution is 0.102. The van der Waals surface area contributed by atoms with Gasteiger partial charge >= 0.3 is 0 Å². The Balaban J connectivity index is 3.25. The topological polar surface area (TPSA) is 49.3 Å². The van der Waals surface area contributed by atoms with Crippen molar-refractivity contribution in [3.05, 3.63) is 35.6 Å². The van der Waals surface area contributed by atoms with Gasteiger partial charge in [0.1, 0.15) is 12.0 Å². The number of aliphatic hydroxyl groups excluding tert-OH is 1. The highest BCUT2D eigenvalue weighted by molar-refractivity contribution is 7.84. The second kappa shape index (κ2) is 6.28. The number of hydrogen-bond acceptors (Lipinski definition) is 2. The molecule has 1 rings (SSSR count). The van der Waals surface area contributed by atoms with Crippen LogP contribution in [0.1, 0.15) is 33.3 Å². The molecule has 0 radical (unpaired) electrons. The van der Waals surface area contributed by atoms with Crippen LogP contribution in [0.25, 0.3) is 0 Å². The monoisotopic (exact) mass is 305 g/mol. The van der Waals surface area contributed by atoms with Crippen LogP contribution in [0, 0.1) is 5.82 Å². The van der Waals surface area contributed by atoms with Crippen molar-refractivity contribution < 1.29 is 18.1 Å². The van der Waals surface area contributed by atoms with Crippen molar-refractivity contribution in [2.24, 2.45) is 0 Å². The van der Waals surface area contributed by atoms with Crippen LogP contribution in [-0.2, 0) is 16.5 Å². The van der Waals surface area contributed by atoms with E-state index in [9.17, 15) is 13.0 Å². The van der Waals surface area contributed by atoms with Crippen molar-refractivity contribution in [3.8, 4) is 0 Å². The minimum Gasteiger partial charge on any atom is -0.393 e. The molecule has 0 saturated heterocycles. The molecule has 3 atom stereocenters. The van der Waals surface area contributed by atoms with Crippen molar-refractivity contribution in [3.63, 3.8) is 0 Å². The molecule has 0 aliphatic rings. The summed E-state index contributed by atoms with van der Waals surface area (Å²) in [4.78, 5) is 0. The van der Waals surface area contributed by atoms with Gasteiger partial charge in [0.15, 0.2) is 0 Å². The standard InChI is InChI=1S/C14H21F2NO2S/c1-13(2,3)20(19)17-14(4,12(16)9-18)10-7-5-6-8-11(10)15/h5-8,12,17-18H,9H2,1-4H3/t12-,14+,20?/m0/s1. The maximum atomic E-state index is 14.2. The van der Waals surface area contributed by atoms with E-state index in [2.05, 4.69) is 4.72 Å². The van der Waals surface area contributed by atoms with Gasteiger partial charge in [-0.3, -0.25) is 0 Å². The Morgan fingerprint density at radius 2 is 1.85 bits per heavy atom. The third kappa shape index (κ3) is 3.62. The molecule has 6 heteroatoms. The molecule has 0 aromatic heterocycles. The average molecular weight is 305 g/mol. The first kappa shape index (κ1) is 17.2. The largest absolute Gasteiger partial charge is 0.393 e. The van der Waals surface area contributed by atoms with Gasteiger partial charge in [-0.05, 0) is 33.8 Å². The Bertz CT molecular complexity index is 490. The minimum absolute atomic E-state index is 0.0409. The molecule has 1 aromatic rings. The zero-order chi connectivity index (χ0) is 15.6. The van der Waals surface area contributed by atoms with Crippen LogP contribution in [0.15, 0.2) is 24.3 Å². The van der Waals surface area contributed by atoms with Crippen LogP contribution in [0.3, 0.4) is 0 Å². The highest BCUT2D eigenvalue weighted by Gasteiger charge is 2.41. The molecule has 0 aliphatic carbocycles. The zero-order valence-electron chi connectivity index (χ0n) is 12.1. The lowest BCUT2D eigenvalue weighted by Crippen LogP contribution is -2.53. The Kier molecular flexibility index (Phi) is 5.40. The SMILES string of the molecule is CC(C)(C)S(=O)N[C@](C)(c1ccccc1F)[C@@H](F)CO. The highest BCUT2D eigenvalue weighted by Crippen LogP contribution is 2.30. The van der Waals surface area contributed by atoms with Crippen LogP contribution in [-0.4, -0.2) is 26.8 Å². The third-order valence-corrected chi connectivity index (χ3v) is 4.80. The van der Waals surface area contributed by atoms with E-state index in [1.54, 1.807) is 26.8 Å². The second-order valence-corrected chi connectivity index (χ2v) is 7.78. The Labute approximate surface area is 121 Å². The predicted molar refractivity (Wildman–Crippen MR) is 76.8 cm³/mol. The normalized spacial score (nSPS) is 18.4. The minimum atomic E-state index is -1.79. The number of halogens is 2. The smallest absolute Gasteiger partial charge is 0.146 e. The van der Waals surface area contributed by atoms with Gasteiger partial charge in [-0.15, -0.1) is 0 Å². The molecular weight excluding hydrogens is 284 g/mol. The van der Waals surface area contributed by atoms with Crippen molar-refractivity contribution >= 4 is 11.0 Å². The maximum absolute atomic E-state index is 14.2. The quantitative estimate of drug-likeness (QED) is 0.878. The number of aliphatic hydroxyl groups is 1. The molecule has 1 aromatic carbocycles. The number of nitrogens with one attached hydrogen (secondary N) is 1. The van der Waals surface area contributed by atoms with E-state index in [-0.39, 0.29) is 5.56 Å². The van der Waals surface area contributed by atoms with E-state index in [1.165, 1.54) is 25.1 Å². The van der Waals surface area contributed by atoms with Crippen LogP contribution >= 0.6 is 0 Å². The van der Waals surface area contributed by atoms with Crippen molar-refractivity contribution in [1.82, 2.24) is 4.72 Å². The predicted octanol–water partition coefficient (Wildman–Crippen LogP) is 2.42. The molecule has 114 valence electrons. The molecule has 0 heterocycles. The van der Waals surface area contributed by atoms with E-state index in [0.29, 0.717) is 0 Å². The van der Waals surface area contributed by atoms with E-state index >= 15 is 0 Å². The lowest BCUT2D eigenvalue weighted by atomic mass is 9.88. The van der Waals surface area contributed by atoms with Crippen molar-refractivity contribution in [1.29, 1.82) is 0 Å². The van der Waals surface area contributed by atoms with Crippen LogP contribution < -0.4 is 4.72 Å². The Morgan fingerprint density at radius 1 is 1.30 bits per heavy atom. The molecule has 0 spiro atoms. The summed E-state index contributed by atoms with van der Waals surface area (Å²) in [6.45, 7) is 5.79. The number of benzene rings is 1. The molecule has 0 amide bonds. The van der Waals surface area contributed by atoms with E-state index in [1.807, 2.05) is 0 Å².